The maximum atomic E-state index is 14.0. The number of amides is 3. The van der Waals surface area contributed by atoms with E-state index in [0.29, 0.717) is 36.4 Å². The van der Waals surface area contributed by atoms with Crippen LogP contribution in [-0.4, -0.2) is 115 Å². The van der Waals surface area contributed by atoms with Gasteiger partial charge < -0.3 is 44.7 Å². The molecular weight excluding hydrogens is 873 g/mol. The van der Waals surface area contributed by atoms with E-state index >= 15 is 0 Å². The number of anilines is 2. The number of hydrogen-bond acceptors (Lipinski definition) is 14. The van der Waals surface area contributed by atoms with Gasteiger partial charge in [-0.15, -0.1) is 11.3 Å². The van der Waals surface area contributed by atoms with Gasteiger partial charge in [0.25, 0.3) is 0 Å². The molecular formula is C49H60N10O7S. The third kappa shape index (κ3) is 12.2. The van der Waals surface area contributed by atoms with Crippen molar-refractivity contribution in [1.82, 2.24) is 45.0 Å². The lowest BCUT2D eigenvalue weighted by Gasteiger charge is -2.35. The molecule has 4 N–H and O–H groups in total. The maximum Gasteiger partial charge on any atom is 0.246 e. The number of pyridine rings is 1. The number of nitrogens with zero attached hydrogens (tertiary/aromatic N) is 7. The highest BCUT2D eigenvalue weighted by atomic mass is 32.1. The summed E-state index contributed by atoms with van der Waals surface area (Å²) in [5.74, 6) is 2.10. The van der Waals surface area contributed by atoms with Gasteiger partial charge in [-0.25, -0.2) is 24.9 Å². The van der Waals surface area contributed by atoms with Crippen LogP contribution in [0.25, 0.3) is 32.9 Å². The van der Waals surface area contributed by atoms with E-state index in [-0.39, 0.29) is 50.8 Å². The number of rotatable bonds is 19. The summed E-state index contributed by atoms with van der Waals surface area (Å²) in [6, 6.07) is 17.2. The molecule has 17 nitrogen and oxygen atoms in total. The predicted molar refractivity (Wildman–Crippen MR) is 257 cm³/mol. The molecule has 1 fully saturated rings. The van der Waals surface area contributed by atoms with Gasteiger partial charge in [-0.2, -0.15) is 0 Å². The molecule has 0 spiro atoms. The fourth-order valence-electron chi connectivity index (χ4n) is 8.06. The van der Waals surface area contributed by atoms with Crippen molar-refractivity contribution in [1.29, 1.82) is 0 Å². The molecule has 354 valence electrons. The number of imidazole rings is 1. The molecule has 2 aromatic carbocycles. The molecule has 7 rings (SSSR count). The van der Waals surface area contributed by atoms with Crippen molar-refractivity contribution >= 4 is 51.7 Å². The number of benzene rings is 2. The second-order valence-electron chi connectivity index (χ2n) is 18.0. The van der Waals surface area contributed by atoms with E-state index in [2.05, 4.69) is 54.3 Å². The van der Waals surface area contributed by atoms with Crippen molar-refractivity contribution in [2.75, 3.05) is 44.9 Å². The average molecular weight is 933 g/mol. The quantitative estimate of drug-likeness (QED) is 0.0622. The maximum absolute atomic E-state index is 14.0. The highest BCUT2D eigenvalue weighted by molar-refractivity contribution is 7.13. The van der Waals surface area contributed by atoms with Gasteiger partial charge >= 0.3 is 0 Å². The monoisotopic (exact) mass is 932 g/mol. The molecule has 67 heavy (non-hydrogen) atoms. The fourth-order valence-corrected chi connectivity index (χ4v) is 8.87. The summed E-state index contributed by atoms with van der Waals surface area (Å²) in [4.78, 5) is 65.8. The second kappa shape index (κ2) is 21.5. The third-order valence-corrected chi connectivity index (χ3v) is 12.4. The van der Waals surface area contributed by atoms with Crippen LogP contribution in [-0.2, 0) is 23.9 Å². The molecule has 4 atom stereocenters. The number of β-amino-alcohol motifs (C(OH)–C–C–N with tert-alkyl or cyclic N) is 1. The average Bonchev–Trinajstić information content (AvgIpc) is 4.01. The highest BCUT2D eigenvalue weighted by Crippen LogP contribution is 2.30. The normalized spacial score (nSPS) is 16.0. The van der Waals surface area contributed by atoms with Crippen molar-refractivity contribution in [2.24, 2.45) is 5.41 Å². The molecule has 5 heterocycles. The lowest BCUT2D eigenvalue weighted by atomic mass is 9.85. The Bertz CT molecular complexity index is 2650. The Kier molecular flexibility index (Phi) is 15.6. The van der Waals surface area contributed by atoms with E-state index in [9.17, 15) is 19.5 Å². The minimum absolute atomic E-state index is 0.0229. The molecule has 0 saturated carbocycles. The van der Waals surface area contributed by atoms with Crippen molar-refractivity contribution in [3.63, 3.8) is 0 Å². The molecule has 0 aliphatic carbocycles. The Balaban J connectivity index is 0.816. The van der Waals surface area contributed by atoms with E-state index in [1.165, 1.54) is 4.90 Å². The first-order chi connectivity index (χ1) is 32.0. The summed E-state index contributed by atoms with van der Waals surface area (Å²) in [6.45, 7) is 16.2. The lowest BCUT2D eigenvalue weighted by molar-refractivity contribution is -0.144. The molecule has 3 amide bonds. The molecule has 6 aromatic rings. The van der Waals surface area contributed by atoms with Crippen LogP contribution >= 0.6 is 11.3 Å². The number of hydrogen-bond donors (Lipinski definition) is 4. The number of likely N-dealkylation sites (tertiary alicyclic amines) is 1. The van der Waals surface area contributed by atoms with Crippen molar-refractivity contribution in [2.45, 2.75) is 92.1 Å². The molecule has 4 unspecified atom stereocenters. The van der Waals surface area contributed by atoms with E-state index in [1.807, 2.05) is 102 Å². The summed E-state index contributed by atoms with van der Waals surface area (Å²) in [7, 11) is 0. The van der Waals surface area contributed by atoms with Crippen LogP contribution in [0.3, 0.4) is 0 Å². The predicted octanol–water partition coefficient (Wildman–Crippen LogP) is 6.74. The standard InChI is InChI=1S/C49H60N10O7S/c1-29(2)59-32(5)54-38-25-51-42(24-39(38)59)55-41-17-18-50-46(56-41)35-13-15-37(16-14-35)66-22-21-64-19-20-65-27-43(61)57-45(49(6,7)8)48(63)58-26-36(60)23-40(58)47(62)53-30(3)33-9-11-34(12-10-33)44-31(4)52-28-67-44/h9-18,24-25,28-30,36,40,45,60H,19-23,26-27H2,1-8H3,(H,53,62)(H,57,61)(H,50,51,55,56). The van der Waals surface area contributed by atoms with Crippen molar-refractivity contribution < 1.29 is 33.7 Å². The molecule has 0 radical (unpaired) electrons. The van der Waals surface area contributed by atoms with Gasteiger partial charge in [-0.3, -0.25) is 14.4 Å². The summed E-state index contributed by atoms with van der Waals surface area (Å²) >= 11 is 1.57. The van der Waals surface area contributed by atoms with Crippen LogP contribution in [0.2, 0.25) is 0 Å². The van der Waals surface area contributed by atoms with Gasteiger partial charge in [-0.05, 0) is 81.5 Å². The molecule has 0 bridgehead atoms. The number of aliphatic hydroxyl groups excluding tert-OH is 1. The number of thiazole rings is 1. The van der Waals surface area contributed by atoms with Crippen LogP contribution in [0.1, 0.15) is 77.1 Å². The number of ether oxygens (including phenoxy) is 3. The number of carbonyl (C=O) groups excluding carboxylic acids is 3. The van der Waals surface area contributed by atoms with Gasteiger partial charge in [0.15, 0.2) is 5.82 Å². The number of fused-ring (bicyclic) bond motifs is 1. The zero-order chi connectivity index (χ0) is 47.8. The number of nitrogens with one attached hydrogen (secondary N) is 3. The minimum Gasteiger partial charge on any atom is -0.491 e. The Morgan fingerprint density at radius 1 is 0.866 bits per heavy atom. The van der Waals surface area contributed by atoms with E-state index in [0.717, 1.165) is 44.1 Å². The molecule has 4 aromatic heterocycles. The molecule has 1 aliphatic rings. The molecule has 1 aliphatic heterocycles. The van der Waals surface area contributed by atoms with Gasteiger partial charge in [0.05, 0.1) is 59.8 Å². The van der Waals surface area contributed by atoms with E-state index in [1.54, 1.807) is 29.8 Å². The molecule has 18 heteroatoms. The van der Waals surface area contributed by atoms with Crippen LogP contribution in [0.5, 0.6) is 5.75 Å². The lowest BCUT2D eigenvalue weighted by Crippen LogP contribution is -2.58. The van der Waals surface area contributed by atoms with Crippen molar-refractivity contribution in [3.8, 4) is 27.6 Å². The van der Waals surface area contributed by atoms with Gasteiger partial charge in [0, 0.05) is 36.8 Å². The number of carbonyl (C=O) groups is 3. The fraction of sp³-hybridized carbons (Fsp3) is 0.429. The number of aromatic nitrogens is 6. The van der Waals surface area contributed by atoms with Gasteiger partial charge in [0.1, 0.15) is 54.0 Å². The minimum atomic E-state index is -0.975. The van der Waals surface area contributed by atoms with Gasteiger partial charge in [0.2, 0.25) is 17.7 Å². The zero-order valence-electron chi connectivity index (χ0n) is 39.3. The largest absolute Gasteiger partial charge is 0.491 e. The van der Waals surface area contributed by atoms with Crippen LogP contribution in [0, 0.1) is 19.3 Å². The summed E-state index contributed by atoms with van der Waals surface area (Å²) < 4.78 is 19.3. The Labute approximate surface area is 394 Å². The first kappa shape index (κ1) is 48.6. The zero-order valence-corrected chi connectivity index (χ0v) is 40.1. The Hall–Kier alpha value is -6.34. The Morgan fingerprint density at radius 3 is 2.28 bits per heavy atom. The second-order valence-corrected chi connectivity index (χ2v) is 18.8. The van der Waals surface area contributed by atoms with E-state index < -0.39 is 35.4 Å². The first-order valence-electron chi connectivity index (χ1n) is 22.5. The number of aryl methyl sites for hydroxylation is 2. The summed E-state index contributed by atoms with van der Waals surface area (Å²) in [5, 5.41) is 19.7. The van der Waals surface area contributed by atoms with Crippen molar-refractivity contribution in [3.05, 3.63) is 95.6 Å². The van der Waals surface area contributed by atoms with Crippen LogP contribution in [0.15, 0.2) is 78.6 Å². The van der Waals surface area contributed by atoms with Gasteiger partial charge in [-0.1, -0.05) is 45.0 Å². The third-order valence-electron chi connectivity index (χ3n) is 11.5. The first-order valence-corrected chi connectivity index (χ1v) is 23.4. The topological polar surface area (TPSA) is 208 Å². The smallest absolute Gasteiger partial charge is 0.246 e. The summed E-state index contributed by atoms with van der Waals surface area (Å²) in [6.07, 6.45) is 2.67. The summed E-state index contributed by atoms with van der Waals surface area (Å²) in [5.41, 5.74) is 6.68. The number of aliphatic hydroxyl groups is 1. The van der Waals surface area contributed by atoms with Crippen LogP contribution < -0.4 is 20.7 Å². The highest BCUT2D eigenvalue weighted by Gasteiger charge is 2.44. The van der Waals surface area contributed by atoms with Crippen LogP contribution in [0.4, 0.5) is 11.6 Å². The Morgan fingerprint density at radius 2 is 1.58 bits per heavy atom. The SMILES string of the molecule is Cc1ncsc1-c1ccc(C(C)NC(=O)C2CC(O)CN2C(=O)C(NC(=O)COCCOCCOc2ccc(-c3nccc(Nc4cc5c(cn4)nc(C)n5C(C)C)n3)cc2)C(C)(C)C)cc1. The van der Waals surface area contributed by atoms with E-state index in [4.69, 9.17) is 19.2 Å². The molecule has 1 saturated heterocycles.